The van der Waals surface area contributed by atoms with Gasteiger partial charge in [0.05, 0.1) is 13.2 Å². The van der Waals surface area contributed by atoms with Crippen molar-refractivity contribution >= 4 is 17.5 Å². The molecule has 0 saturated carbocycles. The summed E-state index contributed by atoms with van der Waals surface area (Å²) >= 11 is 0. The molecule has 1 aromatic rings. The van der Waals surface area contributed by atoms with Gasteiger partial charge in [-0.05, 0) is 12.1 Å². The van der Waals surface area contributed by atoms with E-state index < -0.39 is 0 Å². The van der Waals surface area contributed by atoms with E-state index in [4.69, 9.17) is 9.47 Å². The molecular formula is C14H19N3O4. The smallest absolute Gasteiger partial charge is 0.257 e. The van der Waals surface area contributed by atoms with Gasteiger partial charge in [0.15, 0.2) is 6.61 Å². The highest BCUT2D eigenvalue weighted by Crippen LogP contribution is 2.17. The third kappa shape index (κ3) is 4.73. The van der Waals surface area contributed by atoms with Gasteiger partial charge in [-0.25, -0.2) is 0 Å². The maximum absolute atomic E-state index is 12.0. The zero-order valence-corrected chi connectivity index (χ0v) is 11.8. The number of benzene rings is 1. The van der Waals surface area contributed by atoms with E-state index in [1.54, 1.807) is 31.3 Å². The Morgan fingerprint density at radius 3 is 3.05 bits per heavy atom. The van der Waals surface area contributed by atoms with E-state index in [1.807, 2.05) is 0 Å². The maximum Gasteiger partial charge on any atom is 0.257 e. The number of hydrogen-bond donors (Lipinski definition) is 3. The lowest BCUT2D eigenvalue weighted by molar-refractivity contribution is -0.122. The van der Waals surface area contributed by atoms with E-state index in [2.05, 4.69) is 16.0 Å². The third-order valence-electron chi connectivity index (χ3n) is 2.99. The fourth-order valence-electron chi connectivity index (χ4n) is 1.85. The van der Waals surface area contributed by atoms with Crippen molar-refractivity contribution in [1.29, 1.82) is 0 Å². The first kappa shape index (κ1) is 15.3. The van der Waals surface area contributed by atoms with Crippen LogP contribution in [0.2, 0.25) is 0 Å². The third-order valence-corrected chi connectivity index (χ3v) is 2.99. The van der Waals surface area contributed by atoms with Crippen LogP contribution in [-0.2, 0) is 14.3 Å². The van der Waals surface area contributed by atoms with Crippen LogP contribution in [0.3, 0.4) is 0 Å². The zero-order valence-electron chi connectivity index (χ0n) is 11.8. The molecule has 1 saturated heterocycles. The SMILES string of the molecule is CNC(=O)COc1cccc(NC(=O)C2COCCN2)c1. The molecule has 0 aromatic heterocycles. The summed E-state index contributed by atoms with van der Waals surface area (Å²) in [4.78, 5) is 23.2. The molecule has 1 atom stereocenters. The summed E-state index contributed by atoms with van der Waals surface area (Å²) in [7, 11) is 1.54. The minimum absolute atomic E-state index is 0.0636. The Morgan fingerprint density at radius 2 is 2.33 bits per heavy atom. The van der Waals surface area contributed by atoms with Crippen molar-refractivity contribution in [3.8, 4) is 5.75 Å². The number of anilines is 1. The molecule has 0 radical (unpaired) electrons. The molecule has 1 fully saturated rings. The molecule has 7 nitrogen and oxygen atoms in total. The number of carbonyl (C=O) groups is 2. The minimum Gasteiger partial charge on any atom is -0.484 e. The Balaban J connectivity index is 1.90. The van der Waals surface area contributed by atoms with Gasteiger partial charge in [-0.15, -0.1) is 0 Å². The predicted octanol–water partition coefficient (Wildman–Crippen LogP) is -0.262. The average Bonchev–Trinajstić information content (AvgIpc) is 2.53. The summed E-state index contributed by atoms with van der Waals surface area (Å²) in [6, 6.07) is 6.55. The molecule has 1 unspecified atom stereocenters. The van der Waals surface area contributed by atoms with Crippen LogP contribution >= 0.6 is 0 Å². The molecule has 2 rings (SSSR count). The topological polar surface area (TPSA) is 88.7 Å². The number of ether oxygens (including phenoxy) is 2. The number of morpholine rings is 1. The van der Waals surface area contributed by atoms with Crippen LogP contribution in [0.25, 0.3) is 0 Å². The highest BCUT2D eigenvalue weighted by Gasteiger charge is 2.21. The lowest BCUT2D eigenvalue weighted by atomic mass is 10.2. The molecule has 1 aromatic carbocycles. The van der Waals surface area contributed by atoms with Gasteiger partial charge in [-0.1, -0.05) is 6.07 Å². The summed E-state index contributed by atoms with van der Waals surface area (Å²) in [5.74, 6) is 0.149. The Labute approximate surface area is 123 Å². The van der Waals surface area contributed by atoms with Crippen LogP contribution in [-0.4, -0.2) is 51.3 Å². The number of carbonyl (C=O) groups excluding carboxylic acids is 2. The van der Waals surface area contributed by atoms with E-state index in [-0.39, 0.29) is 24.5 Å². The highest BCUT2D eigenvalue weighted by molar-refractivity contribution is 5.95. The largest absolute Gasteiger partial charge is 0.484 e. The Hall–Kier alpha value is -2.12. The van der Waals surface area contributed by atoms with Gasteiger partial charge in [0.2, 0.25) is 5.91 Å². The molecule has 1 heterocycles. The molecule has 21 heavy (non-hydrogen) atoms. The van der Waals surface area contributed by atoms with E-state index in [9.17, 15) is 9.59 Å². The first-order chi connectivity index (χ1) is 10.2. The van der Waals surface area contributed by atoms with Crippen LogP contribution in [0.4, 0.5) is 5.69 Å². The first-order valence-electron chi connectivity index (χ1n) is 6.74. The van der Waals surface area contributed by atoms with Crippen LogP contribution in [0, 0.1) is 0 Å². The van der Waals surface area contributed by atoms with E-state index in [0.29, 0.717) is 31.2 Å². The Bertz CT molecular complexity index is 501. The van der Waals surface area contributed by atoms with E-state index in [1.165, 1.54) is 0 Å². The van der Waals surface area contributed by atoms with Gasteiger partial charge < -0.3 is 25.4 Å². The molecule has 0 spiro atoms. The minimum atomic E-state index is -0.353. The zero-order chi connectivity index (χ0) is 15.1. The van der Waals surface area contributed by atoms with Crippen molar-refractivity contribution in [2.24, 2.45) is 0 Å². The fraction of sp³-hybridized carbons (Fsp3) is 0.429. The summed E-state index contributed by atoms with van der Waals surface area (Å²) in [5, 5.41) is 8.34. The molecule has 2 amide bonds. The monoisotopic (exact) mass is 293 g/mol. The van der Waals surface area contributed by atoms with Gasteiger partial charge in [0.25, 0.3) is 5.91 Å². The summed E-state index contributed by atoms with van der Waals surface area (Å²) in [5.41, 5.74) is 0.613. The van der Waals surface area contributed by atoms with Gasteiger partial charge in [0.1, 0.15) is 11.8 Å². The van der Waals surface area contributed by atoms with Crippen molar-refractivity contribution in [3.63, 3.8) is 0 Å². The van der Waals surface area contributed by atoms with Gasteiger partial charge >= 0.3 is 0 Å². The highest BCUT2D eigenvalue weighted by atomic mass is 16.5. The van der Waals surface area contributed by atoms with Crippen LogP contribution in [0.1, 0.15) is 0 Å². The lowest BCUT2D eigenvalue weighted by Crippen LogP contribution is -2.48. The molecule has 1 aliphatic rings. The van der Waals surface area contributed by atoms with Crippen LogP contribution < -0.4 is 20.7 Å². The number of hydrogen-bond acceptors (Lipinski definition) is 5. The van der Waals surface area contributed by atoms with Crippen molar-refractivity contribution in [2.75, 3.05) is 38.7 Å². The normalized spacial score (nSPS) is 17.9. The molecule has 3 N–H and O–H groups in total. The second-order valence-electron chi connectivity index (χ2n) is 4.56. The van der Waals surface area contributed by atoms with Crippen LogP contribution in [0.15, 0.2) is 24.3 Å². The molecule has 0 aliphatic carbocycles. The molecule has 0 bridgehead atoms. The Morgan fingerprint density at radius 1 is 1.48 bits per heavy atom. The van der Waals surface area contributed by atoms with E-state index >= 15 is 0 Å². The quantitative estimate of drug-likeness (QED) is 0.696. The van der Waals surface area contributed by atoms with Crippen molar-refractivity contribution in [1.82, 2.24) is 10.6 Å². The fourth-order valence-corrected chi connectivity index (χ4v) is 1.85. The summed E-state index contributed by atoms with van der Waals surface area (Å²) in [6.45, 7) is 1.57. The second kappa shape index (κ2) is 7.61. The lowest BCUT2D eigenvalue weighted by Gasteiger charge is -2.22. The molecular weight excluding hydrogens is 274 g/mol. The van der Waals surface area contributed by atoms with E-state index in [0.717, 1.165) is 0 Å². The van der Waals surface area contributed by atoms with Gasteiger partial charge in [-0.3, -0.25) is 9.59 Å². The summed E-state index contributed by atoms with van der Waals surface area (Å²) in [6.07, 6.45) is 0. The first-order valence-corrected chi connectivity index (χ1v) is 6.74. The number of rotatable bonds is 5. The average molecular weight is 293 g/mol. The second-order valence-corrected chi connectivity index (χ2v) is 4.56. The number of amides is 2. The standard InChI is InChI=1S/C14H19N3O4/c1-15-13(18)9-21-11-4-2-3-10(7-11)17-14(19)12-8-20-6-5-16-12/h2-4,7,12,16H,5-6,8-9H2,1H3,(H,15,18)(H,17,19). The van der Waals surface area contributed by atoms with Gasteiger partial charge in [-0.2, -0.15) is 0 Å². The predicted molar refractivity (Wildman–Crippen MR) is 77.2 cm³/mol. The Kier molecular flexibility index (Phi) is 5.53. The maximum atomic E-state index is 12.0. The molecule has 114 valence electrons. The molecule has 7 heteroatoms. The molecule has 1 aliphatic heterocycles. The number of likely N-dealkylation sites (N-methyl/N-ethyl adjacent to an activating group) is 1. The van der Waals surface area contributed by atoms with Gasteiger partial charge in [0, 0.05) is 25.3 Å². The number of nitrogens with one attached hydrogen (secondary N) is 3. The van der Waals surface area contributed by atoms with Crippen LogP contribution in [0.5, 0.6) is 5.75 Å². The van der Waals surface area contributed by atoms with Crippen molar-refractivity contribution in [2.45, 2.75) is 6.04 Å². The van der Waals surface area contributed by atoms with Crippen molar-refractivity contribution in [3.05, 3.63) is 24.3 Å². The van der Waals surface area contributed by atoms with Crippen molar-refractivity contribution < 1.29 is 19.1 Å². The summed E-state index contributed by atoms with van der Waals surface area (Å²) < 4.78 is 10.6.